The van der Waals surface area contributed by atoms with Crippen LogP contribution in [0.15, 0.2) is 0 Å². The monoisotopic (exact) mass is 324 g/mol. The maximum absolute atomic E-state index is 2.59. The lowest BCUT2D eigenvalue weighted by atomic mass is 10.2. The van der Waals surface area contributed by atoms with E-state index in [9.17, 15) is 0 Å². The lowest BCUT2D eigenvalue weighted by Gasteiger charge is -2.26. The van der Waals surface area contributed by atoms with Crippen LogP contribution in [0.3, 0.4) is 0 Å². The first kappa shape index (κ1) is 15.7. The van der Waals surface area contributed by atoms with Gasteiger partial charge in [-0.15, -0.1) is 47.0 Å². The van der Waals surface area contributed by atoms with Crippen molar-refractivity contribution in [3.63, 3.8) is 0 Å². The molecular formula is C12H24N2S4. The van der Waals surface area contributed by atoms with Gasteiger partial charge in [0.2, 0.25) is 0 Å². The van der Waals surface area contributed by atoms with Gasteiger partial charge in [-0.25, -0.2) is 0 Å². The van der Waals surface area contributed by atoms with E-state index in [1.54, 1.807) is 0 Å². The zero-order chi connectivity index (χ0) is 12.5. The third kappa shape index (κ3) is 6.66. The molecule has 2 aliphatic heterocycles. The molecule has 0 atom stereocenters. The zero-order valence-electron chi connectivity index (χ0n) is 11.0. The van der Waals surface area contributed by atoms with Crippen LogP contribution in [0.25, 0.3) is 0 Å². The number of hydrogen-bond donors (Lipinski definition) is 0. The average molecular weight is 325 g/mol. The van der Waals surface area contributed by atoms with E-state index in [4.69, 9.17) is 0 Å². The summed E-state index contributed by atoms with van der Waals surface area (Å²) in [4.78, 5) is 5.19. The second-order valence-corrected chi connectivity index (χ2v) is 9.32. The molecule has 0 saturated carbocycles. The average Bonchev–Trinajstić information content (AvgIpc) is 2.45. The van der Waals surface area contributed by atoms with Gasteiger partial charge >= 0.3 is 0 Å². The summed E-state index contributed by atoms with van der Waals surface area (Å²) in [5, 5.41) is 2.59. The van der Waals surface area contributed by atoms with Crippen molar-refractivity contribution in [3.8, 4) is 0 Å². The number of thioether (sulfide) groups is 4. The van der Waals surface area contributed by atoms with Gasteiger partial charge in [0.05, 0.1) is 0 Å². The van der Waals surface area contributed by atoms with E-state index >= 15 is 0 Å². The lowest BCUT2D eigenvalue weighted by Crippen LogP contribution is -2.27. The highest BCUT2D eigenvalue weighted by atomic mass is 32.2. The normalized spacial score (nSPS) is 23.3. The fraction of sp³-hybridized carbons (Fsp3) is 1.00. The molecular weight excluding hydrogens is 300 g/mol. The summed E-state index contributed by atoms with van der Waals surface area (Å²) >= 11 is 8.27. The van der Waals surface area contributed by atoms with Crippen molar-refractivity contribution in [3.05, 3.63) is 0 Å². The third-order valence-corrected chi connectivity index (χ3v) is 7.99. The summed E-state index contributed by atoms with van der Waals surface area (Å²) < 4.78 is 0. The Morgan fingerprint density at radius 2 is 0.944 bits per heavy atom. The van der Waals surface area contributed by atoms with Gasteiger partial charge in [0.15, 0.2) is 0 Å². The van der Waals surface area contributed by atoms with E-state index in [1.807, 2.05) is 0 Å². The van der Waals surface area contributed by atoms with E-state index in [0.29, 0.717) is 0 Å². The fourth-order valence-electron chi connectivity index (χ4n) is 2.14. The molecule has 0 aromatic rings. The Hall–Kier alpha value is 1.32. The van der Waals surface area contributed by atoms with Gasteiger partial charge in [-0.1, -0.05) is 12.8 Å². The van der Waals surface area contributed by atoms with Crippen molar-refractivity contribution in [2.24, 2.45) is 0 Å². The van der Waals surface area contributed by atoms with Crippen LogP contribution >= 0.6 is 47.0 Å². The Balaban J connectivity index is 1.39. The molecule has 2 saturated heterocycles. The topological polar surface area (TPSA) is 6.48 Å². The van der Waals surface area contributed by atoms with Crippen LogP contribution in [0.2, 0.25) is 0 Å². The van der Waals surface area contributed by atoms with Crippen molar-refractivity contribution in [2.75, 3.05) is 46.8 Å². The predicted octanol–water partition coefficient (Wildman–Crippen LogP) is 3.86. The van der Waals surface area contributed by atoms with Crippen molar-refractivity contribution in [1.29, 1.82) is 0 Å². The van der Waals surface area contributed by atoms with Crippen LogP contribution in [0, 0.1) is 0 Å². The number of unbranched alkanes of at least 4 members (excludes halogenated alkanes) is 3. The minimum absolute atomic E-state index is 1.26. The quantitative estimate of drug-likeness (QED) is 0.651. The fourth-order valence-corrected chi connectivity index (χ4v) is 6.42. The van der Waals surface area contributed by atoms with Crippen LogP contribution in [-0.4, -0.2) is 56.6 Å². The molecule has 2 aliphatic rings. The van der Waals surface area contributed by atoms with Crippen molar-refractivity contribution >= 4 is 47.0 Å². The predicted molar refractivity (Wildman–Crippen MR) is 91.4 cm³/mol. The molecule has 0 spiro atoms. The van der Waals surface area contributed by atoms with E-state index in [-0.39, 0.29) is 0 Å². The maximum atomic E-state index is 2.59. The number of rotatable bonds is 7. The van der Waals surface area contributed by atoms with Crippen LogP contribution in [0.4, 0.5) is 0 Å². The summed E-state index contributed by atoms with van der Waals surface area (Å²) in [6.07, 6.45) is 5.62. The smallest absolute Gasteiger partial charge is 0.0460 e. The van der Waals surface area contributed by atoms with Gasteiger partial charge in [-0.3, -0.25) is 9.80 Å². The van der Waals surface area contributed by atoms with Crippen LogP contribution in [-0.2, 0) is 0 Å². The Bertz CT molecular complexity index is 184. The molecule has 106 valence electrons. The molecule has 0 aromatic heterocycles. The summed E-state index contributed by atoms with van der Waals surface area (Å²) in [5.74, 6) is 5.04. The first-order valence-corrected chi connectivity index (χ1v) is 11.3. The summed E-state index contributed by atoms with van der Waals surface area (Å²) in [6, 6.07) is 0. The van der Waals surface area contributed by atoms with Crippen molar-refractivity contribution in [2.45, 2.75) is 25.7 Å². The van der Waals surface area contributed by atoms with Gasteiger partial charge < -0.3 is 0 Å². The van der Waals surface area contributed by atoms with Gasteiger partial charge in [0, 0.05) is 33.7 Å². The molecule has 0 radical (unpaired) electrons. The second-order valence-electron chi connectivity index (χ2n) is 4.77. The largest absolute Gasteiger partial charge is 0.285 e. The zero-order valence-corrected chi connectivity index (χ0v) is 14.3. The van der Waals surface area contributed by atoms with Crippen molar-refractivity contribution in [1.82, 2.24) is 9.80 Å². The highest BCUT2D eigenvalue weighted by molar-refractivity contribution is 8.16. The summed E-state index contributed by atoms with van der Waals surface area (Å²) in [5.41, 5.74) is 0. The van der Waals surface area contributed by atoms with Crippen LogP contribution < -0.4 is 0 Å². The highest BCUT2D eigenvalue weighted by Gasteiger charge is 2.11. The maximum Gasteiger partial charge on any atom is 0.0460 e. The lowest BCUT2D eigenvalue weighted by molar-refractivity contribution is 0.343. The minimum Gasteiger partial charge on any atom is -0.285 e. The summed E-state index contributed by atoms with van der Waals surface area (Å²) in [6.45, 7) is 2.63. The van der Waals surface area contributed by atoms with E-state index < -0.39 is 0 Å². The SMILES string of the molecule is C(CCCN1CSCSC1)CCN1CSCSC1. The van der Waals surface area contributed by atoms with E-state index in [1.165, 1.54) is 72.4 Å². The van der Waals surface area contributed by atoms with Gasteiger partial charge in [-0.05, 0) is 25.9 Å². The van der Waals surface area contributed by atoms with Crippen LogP contribution in [0.1, 0.15) is 25.7 Å². The third-order valence-electron chi connectivity index (χ3n) is 3.13. The van der Waals surface area contributed by atoms with Crippen LogP contribution in [0.5, 0.6) is 0 Å². The van der Waals surface area contributed by atoms with Gasteiger partial charge in [0.25, 0.3) is 0 Å². The molecule has 0 aromatic carbocycles. The second kappa shape index (κ2) is 10.1. The Morgan fingerprint density at radius 1 is 0.556 bits per heavy atom. The molecule has 0 bridgehead atoms. The standard InChI is InChI=1S/C12H24N2S4/c1(3-5-13-7-15-11-16-8-13)2-4-6-14-9-17-12-18-10-14/h1-12H2. The summed E-state index contributed by atoms with van der Waals surface area (Å²) in [7, 11) is 0. The molecule has 0 N–H and O–H groups in total. The van der Waals surface area contributed by atoms with E-state index in [2.05, 4.69) is 56.8 Å². The molecule has 0 unspecified atom stereocenters. The number of nitrogens with zero attached hydrogens (tertiary/aromatic N) is 2. The minimum atomic E-state index is 1.26. The molecule has 2 heterocycles. The molecule has 2 fully saturated rings. The van der Waals surface area contributed by atoms with E-state index in [0.717, 1.165) is 0 Å². The molecule has 2 nitrogen and oxygen atoms in total. The molecule has 0 aliphatic carbocycles. The Labute approximate surface area is 129 Å². The Morgan fingerprint density at radius 3 is 1.33 bits per heavy atom. The highest BCUT2D eigenvalue weighted by Crippen LogP contribution is 2.23. The first-order valence-electron chi connectivity index (χ1n) is 6.71. The molecule has 2 rings (SSSR count). The van der Waals surface area contributed by atoms with Gasteiger partial charge in [-0.2, -0.15) is 0 Å². The molecule has 6 heteroatoms. The molecule has 0 amide bonds. The van der Waals surface area contributed by atoms with Crippen molar-refractivity contribution < 1.29 is 0 Å². The van der Waals surface area contributed by atoms with Gasteiger partial charge in [0.1, 0.15) is 0 Å². The Kier molecular flexibility index (Phi) is 8.82. The molecule has 18 heavy (non-hydrogen) atoms. The number of hydrogen-bond acceptors (Lipinski definition) is 6. The first-order chi connectivity index (χ1) is 8.95.